The largest absolute Gasteiger partial charge is 0.369 e. The van der Waals surface area contributed by atoms with Gasteiger partial charge in [0.15, 0.2) is 0 Å². The molecular formula is C21H28N4O4S. The quantitative estimate of drug-likeness (QED) is 0.696. The number of aromatic nitrogens is 2. The van der Waals surface area contributed by atoms with Crippen molar-refractivity contribution in [1.29, 1.82) is 0 Å². The van der Waals surface area contributed by atoms with Crippen LogP contribution >= 0.6 is 0 Å². The summed E-state index contributed by atoms with van der Waals surface area (Å²) < 4.78 is 35.6. The number of benzene rings is 1. The van der Waals surface area contributed by atoms with Crippen LogP contribution in [0.3, 0.4) is 0 Å². The molecule has 1 atom stereocenters. The fourth-order valence-electron chi connectivity index (χ4n) is 4.23. The number of carbonyl (C=O) groups excluding carboxylic acids is 1. The van der Waals surface area contributed by atoms with Crippen molar-refractivity contribution in [3.05, 3.63) is 47.3 Å². The topological polar surface area (TPSA) is 84.7 Å². The second-order valence-electron chi connectivity index (χ2n) is 8.14. The summed E-state index contributed by atoms with van der Waals surface area (Å²) in [6, 6.07) is 6.91. The molecule has 2 aromatic rings. The lowest BCUT2D eigenvalue weighted by atomic mass is 10.2. The van der Waals surface area contributed by atoms with Gasteiger partial charge in [-0.3, -0.25) is 9.48 Å². The van der Waals surface area contributed by atoms with Crippen LogP contribution in [0.1, 0.15) is 35.7 Å². The zero-order valence-electron chi connectivity index (χ0n) is 17.5. The van der Waals surface area contributed by atoms with Crippen molar-refractivity contribution in [1.82, 2.24) is 19.0 Å². The molecule has 3 heterocycles. The predicted molar refractivity (Wildman–Crippen MR) is 111 cm³/mol. The average molecular weight is 433 g/mol. The van der Waals surface area contributed by atoms with E-state index in [2.05, 4.69) is 5.10 Å². The van der Waals surface area contributed by atoms with Crippen molar-refractivity contribution in [2.45, 2.75) is 44.2 Å². The number of amides is 1. The van der Waals surface area contributed by atoms with E-state index in [1.165, 1.54) is 4.31 Å². The van der Waals surface area contributed by atoms with E-state index in [9.17, 15) is 13.2 Å². The second kappa shape index (κ2) is 8.49. The number of ether oxygens (including phenoxy) is 1. The van der Waals surface area contributed by atoms with Crippen molar-refractivity contribution >= 4 is 15.9 Å². The summed E-state index contributed by atoms with van der Waals surface area (Å²) >= 11 is 0. The van der Waals surface area contributed by atoms with Crippen LogP contribution in [0.25, 0.3) is 0 Å². The summed E-state index contributed by atoms with van der Waals surface area (Å²) in [5, 5.41) is 4.35. The number of carbonyl (C=O) groups is 1. The van der Waals surface area contributed by atoms with Crippen molar-refractivity contribution < 1.29 is 17.9 Å². The molecular weight excluding hydrogens is 404 g/mol. The van der Waals surface area contributed by atoms with Gasteiger partial charge in [0.2, 0.25) is 15.9 Å². The molecule has 9 heteroatoms. The Morgan fingerprint density at radius 2 is 1.87 bits per heavy atom. The summed E-state index contributed by atoms with van der Waals surface area (Å²) in [5.41, 5.74) is 2.64. The van der Waals surface area contributed by atoms with Crippen LogP contribution in [0.2, 0.25) is 0 Å². The number of rotatable bonds is 6. The van der Waals surface area contributed by atoms with Gasteiger partial charge in [-0.05, 0) is 56.0 Å². The summed E-state index contributed by atoms with van der Waals surface area (Å²) in [6.45, 7) is 6.12. The van der Waals surface area contributed by atoms with Gasteiger partial charge in [-0.15, -0.1) is 0 Å². The van der Waals surface area contributed by atoms with E-state index in [1.54, 1.807) is 18.3 Å². The molecule has 162 valence electrons. The molecule has 0 spiro atoms. The number of sulfonamides is 1. The van der Waals surface area contributed by atoms with Crippen LogP contribution in [0.5, 0.6) is 0 Å². The molecule has 0 saturated carbocycles. The lowest BCUT2D eigenvalue weighted by molar-refractivity contribution is -0.135. The monoisotopic (exact) mass is 432 g/mol. The second-order valence-corrected chi connectivity index (χ2v) is 10.1. The summed E-state index contributed by atoms with van der Waals surface area (Å²) in [4.78, 5) is 14.3. The number of likely N-dealkylation sites (tertiary alicyclic amines) is 1. The lowest BCUT2D eigenvalue weighted by Crippen LogP contribution is -2.43. The van der Waals surface area contributed by atoms with Crippen LogP contribution in [0.15, 0.2) is 35.4 Å². The fourth-order valence-corrected chi connectivity index (χ4v) is 5.87. The standard InChI is InChI=1S/C21H28N4O4S/c1-16-9-17(2)11-20(10-16)30(27,28)24-12-18-5-6-22-25(18)19(13-24)14-29-15-21(26)23-7-3-4-8-23/h5-6,9-11,19H,3-4,7-8,12-15H2,1-2H3. The molecule has 1 unspecified atom stereocenters. The smallest absolute Gasteiger partial charge is 0.248 e. The number of aryl methyl sites for hydroxylation is 2. The number of fused-ring (bicyclic) bond motifs is 1. The van der Waals surface area contributed by atoms with E-state index < -0.39 is 10.0 Å². The Morgan fingerprint density at radius 1 is 1.17 bits per heavy atom. The van der Waals surface area contributed by atoms with Crippen molar-refractivity contribution in [3.8, 4) is 0 Å². The molecule has 30 heavy (non-hydrogen) atoms. The third-order valence-corrected chi connectivity index (χ3v) is 7.47. The lowest BCUT2D eigenvalue weighted by Gasteiger charge is -2.33. The first kappa shape index (κ1) is 21.0. The Hall–Kier alpha value is -2.23. The third kappa shape index (κ3) is 4.28. The van der Waals surface area contributed by atoms with Gasteiger partial charge in [0.05, 0.1) is 29.8 Å². The van der Waals surface area contributed by atoms with E-state index in [4.69, 9.17) is 4.74 Å². The zero-order valence-corrected chi connectivity index (χ0v) is 18.3. The molecule has 4 rings (SSSR count). The summed E-state index contributed by atoms with van der Waals surface area (Å²) in [5.74, 6) is -0.0105. The maximum atomic E-state index is 13.3. The van der Waals surface area contributed by atoms with Gasteiger partial charge in [-0.1, -0.05) is 6.07 Å². The molecule has 0 aliphatic carbocycles. The summed E-state index contributed by atoms with van der Waals surface area (Å²) in [6.07, 6.45) is 3.75. The molecule has 1 amide bonds. The minimum absolute atomic E-state index is 0.0105. The van der Waals surface area contributed by atoms with Crippen LogP contribution in [-0.2, 0) is 26.1 Å². The zero-order chi connectivity index (χ0) is 21.3. The normalized spacial score (nSPS) is 19.8. The van der Waals surface area contributed by atoms with Crippen LogP contribution in [-0.4, -0.2) is 66.2 Å². The highest BCUT2D eigenvalue weighted by Crippen LogP contribution is 2.27. The van der Waals surface area contributed by atoms with Gasteiger partial charge >= 0.3 is 0 Å². The van der Waals surface area contributed by atoms with E-state index in [0.717, 1.165) is 42.8 Å². The molecule has 1 fully saturated rings. The SMILES string of the molecule is Cc1cc(C)cc(S(=O)(=O)N2Cc3ccnn3C(COCC(=O)N3CCCC3)C2)c1. The minimum atomic E-state index is -3.65. The van der Waals surface area contributed by atoms with Crippen molar-refractivity contribution in [3.63, 3.8) is 0 Å². The predicted octanol–water partition coefficient (Wildman–Crippen LogP) is 1.88. The fraction of sp³-hybridized carbons (Fsp3) is 0.524. The first-order valence-corrected chi connectivity index (χ1v) is 11.7. The molecule has 1 aromatic heterocycles. The maximum absolute atomic E-state index is 13.3. The molecule has 0 N–H and O–H groups in total. The van der Waals surface area contributed by atoms with Gasteiger partial charge in [-0.25, -0.2) is 8.42 Å². The molecule has 1 saturated heterocycles. The maximum Gasteiger partial charge on any atom is 0.248 e. The Morgan fingerprint density at radius 3 is 2.57 bits per heavy atom. The Labute approximate surface area is 177 Å². The van der Waals surface area contributed by atoms with Crippen molar-refractivity contribution in [2.75, 3.05) is 32.8 Å². The molecule has 0 bridgehead atoms. The molecule has 1 aromatic carbocycles. The number of hydrogen-bond donors (Lipinski definition) is 0. The summed E-state index contributed by atoms with van der Waals surface area (Å²) in [7, 11) is -3.65. The van der Waals surface area contributed by atoms with Crippen molar-refractivity contribution in [2.24, 2.45) is 0 Å². The molecule has 8 nitrogen and oxygen atoms in total. The first-order chi connectivity index (χ1) is 14.3. The third-order valence-electron chi connectivity index (χ3n) is 5.68. The Bertz CT molecular complexity index is 1010. The van der Waals surface area contributed by atoms with Gasteiger partial charge in [-0.2, -0.15) is 9.40 Å². The number of hydrogen-bond acceptors (Lipinski definition) is 5. The Kier molecular flexibility index (Phi) is 5.95. The van der Waals surface area contributed by atoms with E-state index in [0.29, 0.717) is 4.90 Å². The van der Waals surface area contributed by atoms with Gasteiger partial charge in [0.25, 0.3) is 0 Å². The van der Waals surface area contributed by atoms with E-state index in [1.807, 2.05) is 35.6 Å². The van der Waals surface area contributed by atoms with Gasteiger partial charge < -0.3 is 9.64 Å². The molecule has 0 radical (unpaired) electrons. The van der Waals surface area contributed by atoms with Crippen LogP contribution in [0.4, 0.5) is 0 Å². The highest BCUT2D eigenvalue weighted by Gasteiger charge is 2.34. The van der Waals surface area contributed by atoms with Crippen LogP contribution in [0, 0.1) is 13.8 Å². The first-order valence-electron chi connectivity index (χ1n) is 10.3. The van der Waals surface area contributed by atoms with Gasteiger partial charge in [0.1, 0.15) is 6.61 Å². The van der Waals surface area contributed by atoms with Gasteiger partial charge in [0, 0.05) is 25.8 Å². The number of nitrogens with zero attached hydrogens (tertiary/aromatic N) is 4. The average Bonchev–Trinajstić information content (AvgIpc) is 3.39. The molecule has 2 aliphatic rings. The molecule has 2 aliphatic heterocycles. The highest BCUT2D eigenvalue weighted by atomic mass is 32.2. The van der Waals surface area contributed by atoms with E-state index >= 15 is 0 Å². The highest BCUT2D eigenvalue weighted by molar-refractivity contribution is 7.89. The Balaban J connectivity index is 1.48. The van der Waals surface area contributed by atoms with E-state index in [-0.39, 0.29) is 38.3 Å². The minimum Gasteiger partial charge on any atom is -0.369 e. The van der Waals surface area contributed by atoms with Crippen LogP contribution < -0.4 is 0 Å².